The van der Waals surface area contributed by atoms with Gasteiger partial charge in [-0.15, -0.1) is 10.2 Å². The van der Waals surface area contributed by atoms with Gasteiger partial charge in [0.05, 0.1) is 18.8 Å². The Morgan fingerprint density at radius 3 is 2.41 bits per heavy atom. The van der Waals surface area contributed by atoms with Crippen LogP contribution in [0, 0.1) is 0 Å². The molecule has 0 atom stereocenters. The average Bonchev–Trinajstić information content (AvgIpc) is 3.28. The lowest BCUT2D eigenvalue weighted by Crippen LogP contribution is -2.51. The van der Waals surface area contributed by atoms with Gasteiger partial charge in [-0.25, -0.2) is 0 Å². The lowest BCUT2D eigenvalue weighted by Gasteiger charge is -2.36. The van der Waals surface area contributed by atoms with Crippen LogP contribution in [0.2, 0.25) is 0 Å². The van der Waals surface area contributed by atoms with Gasteiger partial charge in [-0.3, -0.25) is 14.6 Å². The van der Waals surface area contributed by atoms with Crippen molar-refractivity contribution in [3.63, 3.8) is 0 Å². The number of H-pyrrole nitrogens is 1. The molecular formula is C18H25N7O2. The molecule has 0 unspecified atom stereocenters. The molecule has 2 aliphatic rings. The molecule has 1 N–H and O–H groups in total. The van der Waals surface area contributed by atoms with E-state index in [4.69, 9.17) is 4.74 Å². The Bertz CT molecular complexity index is 738. The Morgan fingerprint density at radius 2 is 1.70 bits per heavy atom. The molecule has 3 heterocycles. The third-order valence-electron chi connectivity index (χ3n) is 5.24. The molecule has 1 aromatic heterocycles. The van der Waals surface area contributed by atoms with Gasteiger partial charge in [-0.2, -0.15) is 5.21 Å². The van der Waals surface area contributed by atoms with E-state index in [2.05, 4.69) is 30.4 Å². The van der Waals surface area contributed by atoms with Crippen LogP contribution >= 0.6 is 0 Å². The number of aromatic amines is 1. The first-order valence-electron chi connectivity index (χ1n) is 9.46. The van der Waals surface area contributed by atoms with E-state index in [1.165, 1.54) is 0 Å². The standard InChI is InChI=1S/C18H25N7O2/c26-18(16-4-2-1-3-15(16)17-19-21-22-20-17)25-9-7-23(8-10-25)5-6-24-11-13-27-14-12-24/h1-4H,5-14H2,(H,19,20,21,22). The van der Waals surface area contributed by atoms with Gasteiger partial charge in [-0.05, 0) is 11.3 Å². The number of carbonyl (C=O) groups is 1. The van der Waals surface area contributed by atoms with Crippen LogP contribution in [0.3, 0.4) is 0 Å². The molecule has 0 bridgehead atoms. The highest BCUT2D eigenvalue weighted by molar-refractivity contribution is 6.00. The predicted molar refractivity (Wildman–Crippen MR) is 99.2 cm³/mol. The molecule has 2 saturated heterocycles. The molecule has 2 aliphatic heterocycles. The van der Waals surface area contributed by atoms with Crippen LogP contribution in [-0.2, 0) is 4.74 Å². The molecule has 0 radical (unpaired) electrons. The van der Waals surface area contributed by atoms with Crippen LogP contribution < -0.4 is 0 Å². The fourth-order valence-corrected chi connectivity index (χ4v) is 3.59. The molecule has 1 amide bonds. The van der Waals surface area contributed by atoms with Crippen LogP contribution in [0.25, 0.3) is 11.4 Å². The predicted octanol–water partition coefficient (Wildman–Crippen LogP) is -0.0433. The zero-order valence-corrected chi connectivity index (χ0v) is 15.4. The third-order valence-corrected chi connectivity index (χ3v) is 5.24. The Balaban J connectivity index is 1.33. The number of aromatic nitrogens is 4. The first kappa shape index (κ1) is 18.0. The number of morpholine rings is 1. The monoisotopic (exact) mass is 371 g/mol. The van der Waals surface area contributed by atoms with Crippen molar-refractivity contribution in [2.24, 2.45) is 0 Å². The van der Waals surface area contributed by atoms with Crippen LogP contribution in [0.5, 0.6) is 0 Å². The van der Waals surface area contributed by atoms with Crippen LogP contribution in [0.1, 0.15) is 10.4 Å². The Kier molecular flexibility index (Phi) is 5.71. The van der Waals surface area contributed by atoms with Gasteiger partial charge in [-0.1, -0.05) is 18.2 Å². The fraction of sp³-hybridized carbons (Fsp3) is 0.556. The number of piperazine rings is 1. The van der Waals surface area contributed by atoms with Gasteiger partial charge < -0.3 is 9.64 Å². The number of tetrazole rings is 1. The highest BCUT2D eigenvalue weighted by Gasteiger charge is 2.25. The number of nitrogens with zero attached hydrogens (tertiary/aromatic N) is 6. The number of ether oxygens (including phenoxy) is 1. The van der Waals surface area contributed by atoms with E-state index in [0.717, 1.165) is 65.6 Å². The number of hydrogen-bond donors (Lipinski definition) is 1. The first-order valence-corrected chi connectivity index (χ1v) is 9.46. The molecule has 0 spiro atoms. The van der Waals surface area contributed by atoms with Crippen molar-refractivity contribution in [1.82, 2.24) is 35.3 Å². The number of rotatable bonds is 5. The normalized spacial score (nSPS) is 19.3. The number of benzene rings is 1. The SMILES string of the molecule is O=C(c1ccccc1-c1nn[nH]n1)N1CCN(CCN2CCOCC2)CC1. The fourth-order valence-electron chi connectivity index (χ4n) is 3.59. The number of carbonyl (C=O) groups excluding carboxylic acids is 1. The molecule has 2 aromatic rings. The topological polar surface area (TPSA) is 90.5 Å². The minimum atomic E-state index is 0.0308. The molecule has 0 saturated carbocycles. The molecule has 27 heavy (non-hydrogen) atoms. The maximum absolute atomic E-state index is 13.0. The lowest BCUT2D eigenvalue weighted by atomic mass is 10.1. The molecule has 4 rings (SSSR count). The molecule has 2 fully saturated rings. The summed E-state index contributed by atoms with van der Waals surface area (Å²) in [5, 5.41) is 14.1. The Labute approximate surface area is 158 Å². The second kappa shape index (κ2) is 8.55. The van der Waals surface area contributed by atoms with Gasteiger partial charge in [0.25, 0.3) is 5.91 Å². The van der Waals surface area contributed by atoms with Gasteiger partial charge >= 0.3 is 0 Å². The van der Waals surface area contributed by atoms with Crippen molar-refractivity contribution in [3.05, 3.63) is 29.8 Å². The van der Waals surface area contributed by atoms with E-state index in [9.17, 15) is 4.79 Å². The highest BCUT2D eigenvalue weighted by Crippen LogP contribution is 2.21. The van der Waals surface area contributed by atoms with Crippen molar-refractivity contribution in [2.75, 3.05) is 65.6 Å². The van der Waals surface area contributed by atoms with E-state index in [-0.39, 0.29) is 5.91 Å². The summed E-state index contributed by atoms with van der Waals surface area (Å²) in [5.74, 6) is 0.478. The number of amides is 1. The first-order chi connectivity index (χ1) is 13.3. The van der Waals surface area contributed by atoms with Gasteiger partial charge in [0.2, 0.25) is 5.82 Å². The summed E-state index contributed by atoms with van der Waals surface area (Å²) in [6.07, 6.45) is 0. The van der Waals surface area contributed by atoms with E-state index in [1.807, 2.05) is 29.2 Å². The molecule has 9 heteroatoms. The average molecular weight is 371 g/mol. The van der Waals surface area contributed by atoms with Gasteiger partial charge in [0, 0.05) is 57.9 Å². The van der Waals surface area contributed by atoms with E-state index < -0.39 is 0 Å². The summed E-state index contributed by atoms with van der Waals surface area (Å²) in [4.78, 5) is 19.8. The summed E-state index contributed by atoms with van der Waals surface area (Å²) in [7, 11) is 0. The van der Waals surface area contributed by atoms with Crippen molar-refractivity contribution in [2.45, 2.75) is 0 Å². The zero-order valence-electron chi connectivity index (χ0n) is 15.4. The van der Waals surface area contributed by atoms with E-state index in [0.29, 0.717) is 17.0 Å². The molecular weight excluding hydrogens is 346 g/mol. The summed E-state index contributed by atoms with van der Waals surface area (Å²) in [6.45, 7) is 9.10. The number of nitrogens with one attached hydrogen (secondary N) is 1. The van der Waals surface area contributed by atoms with Crippen molar-refractivity contribution in [1.29, 1.82) is 0 Å². The lowest BCUT2D eigenvalue weighted by molar-refractivity contribution is 0.0293. The quantitative estimate of drug-likeness (QED) is 0.788. The minimum Gasteiger partial charge on any atom is -0.379 e. The smallest absolute Gasteiger partial charge is 0.254 e. The van der Waals surface area contributed by atoms with Crippen LogP contribution in [-0.4, -0.2) is 107 Å². The third kappa shape index (κ3) is 4.32. The van der Waals surface area contributed by atoms with Crippen LogP contribution in [0.4, 0.5) is 0 Å². The second-order valence-corrected chi connectivity index (χ2v) is 6.87. The largest absolute Gasteiger partial charge is 0.379 e. The van der Waals surface area contributed by atoms with Crippen LogP contribution in [0.15, 0.2) is 24.3 Å². The van der Waals surface area contributed by atoms with Crippen molar-refractivity contribution in [3.8, 4) is 11.4 Å². The second-order valence-electron chi connectivity index (χ2n) is 6.87. The minimum absolute atomic E-state index is 0.0308. The maximum atomic E-state index is 13.0. The molecule has 9 nitrogen and oxygen atoms in total. The highest BCUT2D eigenvalue weighted by atomic mass is 16.5. The van der Waals surface area contributed by atoms with E-state index in [1.54, 1.807) is 0 Å². The summed E-state index contributed by atoms with van der Waals surface area (Å²) >= 11 is 0. The van der Waals surface area contributed by atoms with Crippen molar-refractivity contribution >= 4 is 5.91 Å². The molecule has 1 aromatic carbocycles. The summed E-state index contributed by atoms with van der Waals surface area (Å²) in [5.41, 5.74) is 1.34. The van der Waals surface area contributed by atoms with E-state index >= 15 is 0 Å². The zero-order chi connectivity index (χ0) is 18.5. The summed E-state index contributed by atoms with van der Waals surface area (Å²) in [6, 6.07) is 7.44. The number of hydrogen-bond acceptors (Lipinski definition) is 7. The molecule has 0 aliphatic carbocycles. The Morgan fingerprint density at radius 1 is 1.00 bits per heavy atom. The van der Waals surface area contributed by atoms with Crippen molar-refractivity contribution < 1.29 is 9.53 Å². The molecule has 144 valence electrons. The summed E-state index contributed by atoms with van der Waals surface area (Å²) < 4.78 is 5.40. The van der Waals surface area contributed by atoms with Gasteiger partial charge in [0.15, 0.2) is 0 Å². The van der Waals surface area contributed by atoms with Gasteiger partial charge in [0.1, 0.15) is 0 Å². The Hall–Kier alpha value is -2.36. The maximum Gasteiger partial charge on any atom is 0.254 e.